The molecular weight excluding hydrogens is 379 g/mol. The van der Waals surface area contributed by atoms with Crippen molar-refractivity contribution in [3.05, 3.63) is 77.6 Å². The van der Waals surface area contributed by atoms with Gasteiger partial charge in [0.2, 0.25) is 5.91 Å². The van der Waals surface area contributed by atoms with E-state index >= 15 is 0 Å². The molecule has 30 heavy (non-hydrogen) atoms. The zero-order valence-electron chi connectivity index (χ0n) is 17.1. The molecule has 0 N–H and O–H groups in total. The van der Waals surface area contributed by atoms with Crippen LogP contribution in [0.3, 0.4) is 0 Å². The highest BCUT2D eigenvalue weighted by Gasteiger charge is 2.22. The van der Waals surface area contributed by atoms with Gasteiger partial charge in [0, 0.05) is 31.7 Å². The Hall–Kier alpha value is -3.28. The molecule has 3 aromatic rings. The van der Waals surface area contributed by atoms with Gasteiger partial charge in [-0.05, 0) is 41.8 Å². The normalized spacial score (nSPS) is 14.1. The number of rotatable bonds is 5. The molecule has 6 heteroatoms. The fourth-order valence-electron chi connectivity index (χ4n) is 3.63. The maximum atomic E-state index is 13.0. The number of hydrogen-bond donors (Lipinski definition) is 0. The van der Waals surface area contributed by atoms with Crippen molar-refractivity contribution >= 4 is 11.7 Å². The number of hydrogen-bond acceptors (Lipinski definition) is 4. The van der Waals surface area contributed by atoms with E-state index in [0.29, 0.717) is 32.6 Å². The van der Waals surface area contributed by atoms with Crippen LogP contribution < -0.4 is 4.90 Å². The molecule has 1 amide bonds. The molecule has 0 saturated carbocycles. The molecule has 2 aromatic carbocycles. The smallest absolute Gasteiger partial charge is 0.227 e. The first-order valence-electron chi connectivity index (χ1n) is 10.3. The summed E-state index contributed by atoms with van der Waals surface area (Å²) in [4.78, 5) is 16.5. The van der Waals surface area contributed by atoms with Crippen LogP contribution in [-0.2, 0) is 17.6 Å². The van der Waals surface area contributed by atoms with Crippen molar-refractivity contribution in [2.24, 2.45) is 0 Å². The van der Waals surface area contributed by atoms with Crippen LogP contribution in [0.1, 0.15) is 18.1 Å². The number of amides is 1. The van der Waals surface area contributed by atoms with E-state index in [1.807, 2.05) is 17.0 Å². The third-order valence-electron chi connectivity index (χ3n) is 5.53. The number of anilines is 1. The Labute approximate surface area is 176 Å². The molecule has 1 saturated heterocycles. The van der Waals surface area contributed by atoms with Gasteiger partial charge in [0.1, 0.15) is 5.82 Å². The van der Waals surface area contributed by atoms with Gasteiger partial charge >= 0.3 is 0 Å². The predicted molar refractivity (Wildman–Crippen MR) is 116 cm³/mol. The summed E-state index contributed by atoms with van der Waals surface area (Å²) in [5.41, 5.74) is 4.05. The maximum Gasteiger partial charge on any atom is 0.227 e. The zero-order valence-corrected chi connectivity index (χ0v) is 17.1. The maximum absolute atomic E-state index is 13.0. The lowest BCUT2D eigenvalue weighted by atomic mass is 10.1. The van der Waals surface area contributed by atoms with Gasteiger partial charge in [0.25, 0.3) is 0 Å². The van der Waals surface area contributed by atoms with Crippen molar-refractivity contribution in [2.45, 2.75) is 19.8 Å². The standard InChI is InChI=1S/C24H25FN4O/c1-2-18-3-7-20(8-4-18)22-11-12-23(27-26-22)28-13-15-29(16-14-28)24(30)17-19-5-9-21(25)10-6-19/h3-12H,2,13-17H2,1H3. The largest absolute Gasteiger partial charge is 0.352 e. The number of nitrogens with zero attached hydrogens (tertiary/aromatic N) is 4. The lowest BCUT2D eigenvalue weighted by molar-refractivity contribution is -0.130. The molecule has 2 heterocycles. The number of piperazine rings is 1. The minimum absolute atomic E-state index is 0.0678. The predicted octanol–water partition coefficient (Wildman–Crippen LogP) is 3.74. The highest BCUT2D eigenvalue weighted by atomic mass is 19.1. The average Bonchev–Trinajstić information content (AvgIpc) is 2.81. The molecular formula is C24H25FN4O. The first-order valence-corrected chi connectivity index (χ1v) is 10.3. The monoisotopic (exact) mass is 404 g/mol. The number of halogens is 1. The molecule has 0 bridgehead atoms. The van der Waals surface area contributed by atoms with Gasteiger partial charge in [0.05, 0.1) is 12.1 Å². The first-order chi connectivity index (χ1) is 14.6. The molecule has 5 nitrogen and oxygen atoms in total. The summed E-state index contributed by atoms with van der Waals surface area (Å²) >= 11 is 0. The molecule has 154 valence electrons. The second-order valence-corrected chi connectivity index (χ2v) is 7.50. The number of carbonyl (C=O) groups excluding carboxylic acids is 1. The van der Waals surface area contributed by atoms with Crippen LogP contribution in [0.5, 0.6) is 0 Å². The van der Waals surface area contributed by atoms with Crippen LogP contribution in [0.2, 0.25) is 0 Å². The Morgan fingerprint density at radius 3 is 2.13 bits per heavy atom. The second-order valence-electron chi connectivity index (χ2n) is 7.50. The zero-order chi connectivity index (χ0) is 20.9. The number of carbonyl (C=O) groups is 1. The van der Waals surface area contributed by atoms with E-state index in [2.05, 4.69) is 46.3 Å². The molecule has 0 unspecified atom stereocenters. The highest BCUT2D eigenvalue weighted by molar-refractivity contribution is 5.79. The minimum Gasteiger partial charge on any atom is -0.352 e. The number of aromatic nitrogens is 2. The van der Waals surface area contributed by atoms with E-state index < -0.39 is 0 Å². The van der Waals surface area contributed by atoms with Crippen molar-refractivity contribution in [3.63, 3.8) is 0 Å². The minimum atomic E-state index is -0.287. The van der Waals surface area contributed by atoms with Gasteiger partial charge in [-0.25, -0.2) is 4.39 Å². The van der Waals surface area contributed by atoms with Crippen LogP contribution in [0.15, 0.2) is 60.7 Å². The first kappa shape index (κ1) is 20.0. The summed E-state index contributed by atoms with van der Waals surface area (Å²) in [5.74, 6) is 0.609. The van der Waals surface area contributed by atoms with Crippen LogP contribution in [-0.4, -0.2) is 47.2 Å². The number of benzene rings is 2. The van der Waals surface area contributed by atoms with Gasteiger partial charge in [-0.1, -0.05) is 43.3 Å². The Morgan fingerprint density at radius 2 is 1.53 bits per heavy atom. The molecule has 1 aliphatic heterocycles. The summed E-state index contributed by atoms with van der Waals surface area (Å²) in [6.45, 7) is 4.85. The molecule has 0 atom stereocenters. The lowest BCUT2D eigenvalue weighted by Crippen LogP contribution is -2.49. The molecule has 4 rings (SSSR count). The van der Waals surface area contributed by atoms with Gasteiger partial charge in [0.15, 0.2) is 5.82 Å². The lowest BCUT2D eigenvalue weighted by Gasteiger charge is -2.35. The summed E-state index contributed by atoms with van der Waals surface area (Å²) in [5, 5.41) is 8.80. The van der Waals surface area contributed by atoms with Crippen molar-refractivity contribution < 1.29 is 9.18 Å². The van der Waals surface area contributed by atoms with E-state index in [0.717, 1.165) is 29.1 Å². The van der Waals surface area contributed by atoms with E-state index in [1.54, 1.807) is 12.1 Å². The molecule has 0 spiro atoms. The Balaban J connectivity index is 1.33. The summed E-state index contributed by atoms with van der Waals surface area (Å²) in [6, 6.07) is 18.5. The Morgan fingerprint density at radius 1 is 0.867 bits per heavy atom. The van der Waals surface area contributed by atoms with Crippen LogP contribution >= 0.6 is 0 Å². The van der Waals surface area contributed by atoms with Crippen LogP contribution in [0.4, 0.5) is 10.2 Å². The second kappa shape index (κ2) is 9.03. The highest BCUT2D eigenvalue weighted by Crippen LogP contribution is 2.20. The van der Waals surface area contributed by atoms with Crippen molar-refractivity contribution in [3.8, 4) is 11.3 Å². The third kappa shape index (κ3) is 4.64. The van der Waals surface area contributed by atoms with Gasteiger partial charge in [-0.15, -0.1) is 10.2 Å². The van der Waals surface area contributed by atoms with Crippen molar-refractivity contribution in [1.29, 1.82) is 0 Å². The van der Waals surface area contributed by atoms with Crippen LogP contribution in [0.25, 0.3) is 11.3 Å². The van der Waals surface area contributed by atoms with Gasteiger partial charge < -0.3 is 9.80 Å². The van der Waals surface area contributed by atoms with Crippen molar-refractivity contribution in [1.82, 2.24) is 15.1 Å². The fraction of sp³-hybridized carbons (Fsp3) is 0.292. The molecule has 1 aromatic heterocycles. The molecule has 0 aliphatic carbocycles. The van der Waals surface area contributed by atoms with Gasteiger partial charge in [-0.2, -0.15) is 0 Å². The number of aryl methyl sites for hydroxylation is 1. The van der Waals surface area contributed by atoms with E-state index in [-0.39, 0.29) is 11.7 Å². The molecule has 1 aliphatic rings. The molecule has 1 fully saturated rings. The summed E-state index contributed by atoms with van der Waals surface area (Å²) in [7, 11) is 0. The molecule has 0 radical (unpaired) electrons. The average molecular weight is 404 g/mol. The fourth-order valence-corrected chi connectivity index (χ4v) is 3.63. The quantitative estimate of drug-likeness (QED) is 0.650. The summed E-state index contributed by atoms with van der Waals surface area (Å²) < 4.78 is 13.0. The van der Waals surface area contributed by atoms with Gasteiger partial charge in [-0.3, -0.25) is 4.79 Å². The van der Waals surface area contributed by atoms with E-state index in [9.17, 15) is 9.18 Å². The third-order valence-corrected chi connectivity index (χ3v) is 5.53. The van der Waals surface area contributed by atoms with E-state index in [4.69, 9.17) is 0 Å². The topological polar surface area (TPSA) is 49.3 Å². The summed E-state index contributed by atoms with van der Waals surface area (Å²) in [6.07, 6.45) is 1.31. The Kier molecular flexibility index (Phi) is 6.02. The van der Waals surface area contributed by atoms with Crippen molar-refractivity contribution in [2.75, 3.05) is 31.1 Å². The van der Waals surface area contributed by atoms with E-state index in [1.165, 1.54) is 17.7 Å². The SMILES string of the molecule is CCc1ccc(-c2ccc(N3CCN(C(=O)Cc4ccc(F)cc4)CC3)nn2)cc1. The van der Waals surface area contributed by atoms with Crippen LogP contribution in [0, 0.1) is 5.82 Å². The Bertz CT molecular complexity index is 979.